The average Bonchev–Trinajstić information content (AvgIpc) is 3.11. The summed E-state index contributed by atoms with van der Waals surface area (Å²) in [5.74, 6) is 4.85. The molecule has 0 heterocycles. The fourth-order valence-corrected chi connectivity index (χ4v) is 11.7. The van der Waals surface area contributed by atoms with Crippen LogP contribution in [0.4, 0.5) is 0 Å². The van der Waals surface area contributed by atoms with Gasteiger partial charge in [-0.2, -0.15) is 0 Å². The first kappa shape index (κ1) is 27.7. The van der Waals surface area contributed by atoms with Crippen LogP contribution in [0.3, 0.4) is 0 Å². The highest BCUT2D eigenvalue weighted by Crippen LogP contribution is 2.70. The van der Waals surface area contributed by atoms with Gasteiger partial charge < -0.3 is 9.53 Å². The predicted octanol–water partition coefficient (Wildman–Crippen LogP) is 8.49. The minimum atomic E-state index is -1.68. The maximum absolute atomic E-state index is 11.6. The molecule has 35 heavy (non-hydrogen) atoms. The van der Waals surface area contributed by atoms with Gasteiger partial charge in [-0.15, -0.1) is 0 Å². The molecule has 4 fully saturated rings. The molecule has 4 heteroatoms. The van der Waals surface area contributed by atoms with E-state index in [2.05, 4.69) is 54.3 Å². The average molecular weight is 505 g/mol. The molecular formula is C31H56O3Si. The van der Waals surface area contributed by atoms with Gasteiger partial charge in [-0.05, 0) is 123 Å². The van der Waals surface area contributed by atoms with E-state index in [1.165, 1.54) is 51.4 Å². The monoisotopic (exact) mass is 504 g/mol. The molecule has 4 saturated carbocycles. The molecular weight excluding hydrogens is 448 g/mol. The third kappa shape index (κ3) is 4.82. The Morgan fingerprint density at radius 1 is 1.00 bits per heavy atom. The van der Waals surface area contributed by atoms with Gasteiger partial charge in [0, 0.05) is 0 Å². The second kappa shape index (κ2) is 9.75. The predicted molar refractivity (Wildman–Crippen MR) is 148 cm³/mol. The Bertz CT molecular complexity index is 776. The lowest BCUT2D eigenvalue weighted by Crippen LogP contribution is -2.63. The molecule has 0 amide bonds. The number of carboxylic acids is 1. The number of hydrogen-bond acceptors (Lipinski definition) is 2. The molecule has 0 bridgehead atoms. The second-order valence-corrected chi connectivity index (χ2v) is 19.7. The van der Waals surface area contributed by atoms with E-state index in [4.69, 9.17) is 4.43 Å². The van der Waals surface area contributed by atoms with Gasteiger partial charge >= 0.3 is 5.97 Å². The summed E-state index contributed by atoms with van der Waals surface area (Å²) in [5, 5.41) is 9.57. The highest BCUT2D eigenvalue weighted by atomic mass is 28.4. The molecule has 202 valence electrons. The number of carboxylic acid groups (broad SMARTS) is 1. The minimum Gasteiger partial charge on any atom is -0.481 e. The van der Waals surface area contributed by atoms with Crippen molar-refractivity contribution in [3.05, 3.63) is 0 Å². The summed E-state index contributed by atoms with van der Waals surface area (Å²) in [7, 11) is -1.68. The largest absolute Gasteiger partial charge is 0.481 e. The Labute approximate surface area is 217 Å². The maximum atomic E-state index is 11.6. The first-order valence-electron chi connectivity index (χ1n) is 15.1. The van der Waals surface area contributed by atoms with Gasteiger partial charge in [-0.3, -0.25) is 4.79 Å². The molecule has 3 nitrogen and oxygen atoms in total. The zero-order valence-corrected chi connectivity index (χ0v) is 25.4. The first-order valence-corrected chi connectivity index (χ1v) is 18.5. The summed E-state index contributed by atoms with van der Waals surface area (Å²) in [4.78, 5) is 11.6. The van der Waals surface area contributed by atoms with Gasteiger partial charge in [0.2, 0.25) is 0 Å². The molecule has 0 aliphatic heterocycles. The van der Waals surface area contributed by atoms with Crippen LogP contribution in [0.5, 0.6) is 0 Å². The van der Waals surface area contributed by atoms with Crippen LogP contribution in [0.1, 0.15) is 99.3 Å². The van der Waals surface area contributed by atoms with E-state index in [1.807, 2.05) is 6.92 Å². The van der Waals surface area contributed by atoms with Crippen molar-refractivity contribution in [3.63, 3.8) is 0 Å². The SMILES string of the molecule is CC[C@H]1[C@@H](O[Si](C)(C)C)[C@@H]2[C@H](CC[C@]3(C)[C@@H]([C@H](C)C[C@@H](C)C(=O)O)CC[C@@H]23)[C@@]2(C)CC[C@@H](C)C[C@@H]12. The lowest BCUT2D eigenvalue weighted by Gasteiger charge is -2.66. The molecule has 4 aliphatic rings. The van der Waals surface area contributed by atoms with E-state index >= 15 is 0 Å². The highest BCUT2D eigenvalue weighted by molar-refractivity contribution is 6.69. The summed E-state index contributed by atoms with van der Waals surface area (Å²) >= 11 is 0. The Balaban J connectivity index is 1.70. The number of hydrogen-bond donors (Lipinski definition) is 1. The Morgan fingerprint density at radius 2 is 1.63 bits per heavy atom. The van der Waals surface area contributed by atoms with Crippen LogP contribution in [0.25, 0.3) is 0 Å². The summed E-state index contributed by atoms with van der Waals surface area (Å²) in [6.45, 7) is 21.7. The molecule has 12 atom stereocenters. The number of aliphatic carboxylic acids is 1. The zero-order chi connectivity index (χ0) is 25.9. The van der Waals surface area contributed by atoms with Gasteiger partial charge in [0.05, 0.1) is 12.0 Å². The van der Waals surface area contributed by atoms with Crippen LogP contribution in [0, 0.1) is 64.1 Å². The van der Waals surface area contributed by atoms with E-state index in [1.54, 1.807) is 0 Å². The number of fused-ring (bicyclic) bond motifs is 5. The minimum absolute atomic E-state index is 0.241. The van der Waals surface area contributed by atoms with Gasteiger partial charge in [0.15, 0.2) is 8.32 Å². The van der Waals surface area contributed by atoms with Gasteiger partial charge in [-0.25, -0.2) is 0 Å². The van der Waals surface area contributed by atoms with E-state index in [9.17, 15) is 9.90 Å². The van der Waals surface area contributed by atoms with Crippen molar-refractivity contribution >= 4 is 14.3 Å². The van der Waals surface area contributed by atoms with E-state index in [0.29, 0.717) is 40.6 Å². The Morgan fingerprint density at radius 3 is 2.23 bits per heavy atom. The quantitative estimate of drug-likeness (QED) is 0.353. The second-order valence-electron chi connectivity index (χ2n) is 15.2. The highest BCUT2D eigenvalue weighted by Gasteiger charge is 2.65. The van der Waals surface area contributed by atoms with Crippen LogP contribution >= 0.6 is 0 Å². The lowest BCUT2D eigenvalue weighted by molar-refractivity contribution is -0.193. The fourth-order valence-electron chi connectivity index (χ4n) is 10.5. The van der Waals surface area contributed by atoms with Crippen molar-refractivity contribution in [2.75, 3.05) is 0 Å². The van der Waals surface area contributed by atoms with Crippen molar-refractivity contribution in [1.29, 1.82) is 0 Å². The maximum Gasteiger partial charge on any atom is 0.306 e. The number of rotatable bonds is 7. The molecule has 0 aromatic rings. The molecule has 0 unspecified atom stereocenters. The van der Waals surface area contributed by atoms with Crippen molar-refractivity contribution in [2.45, 2.75) is 125 Å². The van der Waals surface area contributed by atoms with Crippen molar-refractivity contribution in [2.24, 2.45) is 64.1 Å². The Kier molecular flexibility index (Phi) is 7.71. The first-order chi connectivity index (χ1) is 16.2. The van der Waals surface area contributed by atoms with Gasteiger partial charge in [0.25, 0.3) is 0 Å². The molecule has 0 saturated heterocycles. The molecule has 1 N–H and O–H groups in total. The van der Waals surface area contributed by atoms with Crippen LogP contribution in [0.2, 0.25) is 19.6 Å². The summed E-state index contributed by atoms with van der Waals surface area (Å²) < 4.78 is 7.29. The van der Waals surface area contributed by atoms with Crippen molar-refractivity contribution in [1.82, 2.24) is 0 Å². The molecule has 0 aromatic heterocycles. The van der Waals surface area contributed by atoms with E-state index in [-0.39, 0.29) is 5.92 Å². The fraction of sp³-hybridized carbons (Fsp3) is 0.968. The standard InChI is InChI=1S/C31H56O3Si/c1-10-22-26-17-19(2)13-15-31(26,6)25-14-16-30(5)23(20(3)18-21(4)29(32)33)11-12-24(30)27(25)28(22)34-35(7,8)9/h19-28H,10-18H2,1-9H3,(H,32,33)/t19-,20-,21-,22-,23-,24+,25+,26+,27+,28-,30-,31-/m1/s1. The molecule has 4 rings (SSSR count). The Hall–Kier alpha value is -0.353. The molecule has 0 radical (unpaired) electrons. The zero-order valence-electron chi connectivity index (χ0n) is 24.4. The molecule has 0 aromatic carbocycles. The van der Waals surface area contributed by atoms with Crippen molar-refractivity contribution in [3.8, 4) is 0 Å². The van der Waals surface area contributed by atoms with Crippen LogP contribution < -0.4 is 0 Å². The van der Waals surface area contributed by atoms with Crippen LogP contribution in [0.15, 0.2) is 0 Å². The molecule has 0 spiro atoms. The normalized spacial score (nSPS) is 47.3. The summed E-state index contributed by atoms with van der Waals surface area (Å²) in [6.07, 6.45) is 12.0. The molecule has 4 aliphatic carbocycles. The van der Waals surface area contributed by atoms with E-state index in [0.717, 1.165) is 30.1 Å². The third-order valence-electron chi connectivity index (χ3n) is 12.0. The van der Waals surface area contributed by atoms with Gasteiger partial charge in [-0.1, -0.05) is 54.4 Å². The summed E-state index contributed by atoms with van der Waals surface area (Å²) in [6, 6.07) is 0. The lowest BCUT2D eigenvalue weighted by atomic mass is 9.41. The third-order valence-corrected chi connectivity index (χ3v) is 13.0. The van der Waals surface area contributed by atoms with Gasteiger partial charge in [0.1, 0.15) is 0 Å². The topological polar surface area (TPSA) is 46.5 Å². The van der Waals surface area contributed by atoms with E-state index < -0.39 is 14.3 Å². The van der Waals surface area contributed by atoms with Crippen molar-refractivity contribution < 1.29 is 14.3 Å². The number of carbonyl (C=O) groups is 1. The van der Waals surface area contributed by atoms with Crippen LogP contribution in [-0.4, -0.2) is 25.5 Å². The van der Waals surface area contributed by atoms with Crippen LogP contribution in [-0.2, 0) is 9.22 Å². The smallest absolute Gasteiger partial charge is 0.306 e. The summed E-state index contributed by atoms with van der Waals surface area (Å²) in [5.41, 5.74) is 0.809.